The molecule has 1 heterocycles. The molecule has 76 valence electrons. The number of hydrogen-bond donors (Lipinski definition) is 3. The van der Waals surface area contributed by atoms with Crippen LogP contribution in [0.1, 0.15) is 24.4 Å². The first-order chi connectivity index (χ1) is 6.72. The molecule has 1 unspecified atom stereocenters. The van der Waals surface area contributed by atoms with Crippen molar-refractivity contribution in [3.05, 3.63) is 22.8 Å². The van der Waals surface area contributed by atoms with Gasteiger partial charge in [-0.1, -0.05) is 11.6 Å². The van der Waals surface area contributed by atoms with E-state index in [1.165, 1.54) is 12.8 Å². The van der Waals surface area contributed by atoms with Gasteiger partial charge in [-0.3, -0.25) is 11.3 Å². The van der Waals surface area contributed by atoms with Crippen LogP contribution in [0, 0.1) is 5.92 Å². The van der Waals surface area contributed by atoms with E-state index < -0.39 is 0 Å². The third kappa shape index (κ3) is 1.82. The Labute approximate surface area is 87.6 Å². The van der Waals surface area contributed by atoms with Crippen LogP contribution in [-0.2, 0) is 0 Å². The summed E-state index contributed by atoms with van der Waals surface area (Å²) >= 11 is 5.86. The predicted molar refractivity (Wildman–Crippen MR) is 56.4 cm³/mol. The summed E-state index contributed by atoms with van der Waals surface area (Å²) in [6.07, 6.45) is 3.91. The molecule has 5 N–H and O–H groups in total. The lowest BCUT2D eigenvalue weighted by Crippen LogP contribution is -2.30. The zero-order valence-electron chi connectivity index (χ0n) is 7.70. The maximum Gasteiger partial charge on any atom is 0.128 e. The Bertz CT molecular complexity index is 338. The molecule has 0 bridgehead atoms. The smallest absolute Gasteiger partial charge is 0.128 e. The highest BCUT2D eigenvalue weighted by Crippen LogP contribution is 2.42. The van der Waals surface area contributed by atoms with Gasteiger partial charge in [0.25, 0.3) is 0 Å². The second-order valence-electron chi connectivity index (χ2n) is 3.61. The van der Waals surface area contributed by atoms with Crippen LogP contribution in [0.4, 0.5) is 5.82 Å². The first-order valence-corrected chi connectivity index (χ1v) is 4.97. The van der Waals surface area contributed by atoms with Crippen molar-refractivity contribution in [3.8, 4) is 0 Å². The first-order valence-electron chi connectivity index (χ1n) is 4.59. The highest BCUT2D eigenvalue weighted by molar-refractivity contribution is 6.30. The molecule has 1 aliphatic carbocycles. The summed E-state index contributed by atoms with van der Waals surface area (Å²) < 4.78 is 0. The maximum absolute atomic E-state index is 5.86. The zero-order valence-corrected chi connectivity index (χ0v) is 8.46. The first kappa shape index (κ1) is 9.71. The van der Waals surface area contributed by atoms with Crippen LogP contribution < -0.4 is 17.0 Å². The predicted octanol–water partition coefficient (Wildman–Crippen LogP) is 1.23. The molecule has 5 heteroatoms. The summed E-state index contributed by atoms with van der Waals surface area (Å²) in [7, 11) is 0. The number of nitrogens with one attached hydrogen (secondary N) is 1. The normalized spacial score (nSPS) is 18.1. The number of anilines is 1. The van der Waals surface area contributed by atoms with Gasteiger partial charge >= 0.3 is 0 Å². The van der Waals surface area contributed by atoms with Crippen LogP contribution in [0.15, 0.2) is 12.3 Å². The molecule has 0 spiro atoms. The number of rotatable bonds is 3. The number of aromatic nitrogens is 1. The van der Waals surface area contributed by atoms with Crippen molar-refractivity contribution in [2.45, 2.75) is 18.9 Å². The summed E-state index contributed by atoms with van der Waals surface area (Å²) in [4.78, 5) is 4.01. The highest BCUT2D eigenvalue weighted by Gasteiger charge is 2.33. The number of hydrazine groups is 1. The van der Waals surface area contributed by atoms with Crippen molar-refractivity contribution < 1.29 is 0 Å². The molecule has 0 aliphatic heterocycles. The summed E-state index contributed by atoms with van der Waals surface area (Å²) in [6, 6.07) is 1.91. The number of halogens is 1. The van der Waals surface area contributed by atoms with Crippen LogP contribution in [0.5, 0.6) is 0 Å². The van der Waals surface area contributed by atoms with Gasteiger partial charge in [0.05, 0.1) is 11.1 Å². The molecule has 0 radical (unpaired) electrons. The Hall–Kier alpha value is -0.840. The van der Waals surface area contributed by atoms with Crippen molar-refractivity contribution in [3.63, 3.8) is 0 Å². The quantitative estimate of drug-likeness (QED) is 0.520. The van der Waals surface area contributed by atoms with Gasteiger partial charge < -0.3 is 5.73 Å². The fraction of sp³-hybridized carbons (Fsp3) is 0.444. The molecule has 1 aromatic heterocycles. The summed E-state index contributed by atoms with van der Waals surface area (Å²) in [6.45, 7) is 0. The summed E-state index contributed by atoms with van der Waals surface area (Å²) in [5.41, 5.74) is 9.44. The zero-order chi connectivity index (χ0) is 10.1. The lowest BCUT2D eigenvalue weighted by atomic mass is 10.0. The minimum absolute atomic E-state index is 0.0844. The van der Waals surface area contributed by atoms with E-state index in [2.05, 4.69) is 10.4 Å². The number of nitrogens with two attached hydrogens (primary N) is 2. The fourth-order valence-electron chi connectivity index (χ4n) is 1.62. The Morgan fingerprint density at radius 3 is 2.86 bits per heavy atom. The van der Waals surface area contributed by atoms with Crippen LogP contribution in [0.25, 0.3) is 0 Å². The molecular formula is C9H13ClN4. The third-order valence-corrected chi connectivity index (χ3v) is 2.73. The minimum atomic E-state index is 0.0844. The van der Waals surface area contributed by atoms with Gasteiger partial charge in [-0.15, -0.1) is 0 Å². The van der Waals surface area contributed by atoms with Crippen molar-refractivity contribution >= 4 is 17.4 Å². The lowest BCUT2D eigenvalue weighted by Gasteiger charge is -2.16. The van der Waals surface area contributed by atoms with E-state index >= 15 is 0 Å². The van der Waals surface area contributed by atoms with Gasteiger partial charge in [0.2, 0.25) is 0 Å². The minimum Gasteiger partial charge on any atom is -0.383 e. The lowest BCUT2D eigenvalue weighted by molar-refractivity contribution is 0.497. The Morgan fingerprint density at radius 1 is 1.57 bits per heavy atom. The average molecular weight is 213 g/mol. The van der Waals surface area contributed by atoms with Gasteiger partial charge in [0.1, 0.15) is 5.82 Å². The molecule has 4 nitrogen and oxygen atoms in total. The van der Waals surface area contributed by atoms with Crippen LogP contribution >= 0.6 is 11.6 Å². The average Bonchev–Trinajstić information content (AvgIpc) is 2.96. The van der Waals surface area contributed by atoms with Gasteiger partial charge in [-0.25, -0.2) is 4.98 Å². The second-order valence-corrected chi connectivity index (χ2v) is 4.05. The number of pyridine rings is 1. The van der Waals surface area contributed by atoms with Crippen molar-refractivity contribution in [2.24, 2.45) is 11.8 Å². The Morgan fingerprint density at radius 2 is 2.29 bits per heavy atom. The van der Waals surface area contributed by atoms with Crippen molar-refractivity contribution in [1.82, 2.24) is 10.4 Å². The molecule has 1 fully saturated rings. The molecule has 1 aliphatic rings. The maximum atomic E-state index is 5.86. The van der Waals surface area contributed by atoms with E-state index in [4.69, 9.17) is 23.2 Å². The molecule has 1 atom stereocenters. The largest absolute Gasteiger partial charge is 0.383 e. The molecule has 0 amide bonds. The van der Waals surface area contributed by atoms with Crippen molar-refractivity contribution in [1.29, 1.82) is 0 Å². The highest BCUT2D eigenvalue weighted by atomic mass is 35.5. The number of hydrogen-bond acceptors (Lipinski definition) is 4. The van der Waals surface area contributed by atoms with Crippen LogP contribution in [-0.4, -0.2) is 4.98 Å². The summed E-state index contributed by atoms with van der Waals surface area (Å²) in [5.74, 6) is 6.56. The van der Waals surface area contributed by atoms with Gasteiger partial charge in [-0.05, 0) is 24.8 Å². The van der Waals surface area contributed by atoms with Gasteiger partial charge in [-0.2, -0.15) is 0 Å². The van der Waals surface area contributed by atoms with E-state index in [0.717, 1.165) is 5.56 Å². The number of nitrogen functional groups attached to an aromatic ring is 1. The number of nitrogens with zero attached hydrogens (tertiary/aromatic N) is 1. The monoisotopic (exact) mass is 212 g/mol. The molecule has 0 aromatic carbocycles. The molecule has 14 heavy (non-hydrogen) atoms. The summed E-state index contributed by atoms with van der Waals surface area (Å²) in [5, 5.41) is 0.593. The molecule has 2 rings (SSSR count). The van der Waals surface area contributed by atoms with Gasteiger partial charge in [0, 0.05) is 11.8 Å². The third-order valence-electron chi connectivity index (χ3n) is 2.52. The topological polar surface area (TPSA) is 77.0 Å². The SMILES string of the molecule is NNC(c1cc(Cl)cnc1N)C1CC1. The fourth-order valence-corrected chi connectivity index (χ4v) is 1.79. The molecular weight excluding hydrogens is 200 g/mol. The van der Waals surface area contributed by atoms with E-state index in [0.29, 0.717) is 16.8 Å². The molecule has 0 saturated heterocycles. The van der Waals surface area contributed by atoms with E-state index in [1.807, 2.05) is 6.07 Å². The molecule has 1 saturated carbocycles. The Balaban J connectivity index is 2.32. The Kier molecular flexibility index (Phi) is 2.58. The van der Waals surface area contributed by atoms with Crippen LogP contribution in [0.2, 0.25) is 5.02 Å². The van der Waals surface area contributed by atoms with E-state index in [9.17, 15) is 0 Å². The standard InChI is InChI=1S/C9H13ClN4/c10-6-3-7(9(11)13-4-6)8(14-12)5-1-2-5/h3-5,8,14H,1-2,12H2,(H2,11,13). The molecule has 1 aromatic rings. The van der Waals surface area contributed by atoms with E-state index in [-0.39, 0.29) is 6.04 Å². The van der Waals surface area contributed by atoms with E-state index in [1.54, 1.807) is 6.20 Å². The second kappa shape index (κ2) is 3.73. The van der Waals surface area contributed by atoms with Crippen molar-refractivity contribution in [2.75, 3.05) is 5.73 Å². The van der Waals surface area contributed by atoms with Gasteiger partial charge in [0.15, 0.2) is 0 Å². The van der Waals surface area contributed by atoms with Crippen LogP contribution in [0.3, 0.4) is 0 Å².